The fourth-order valence-electron chi connectivity index (χ4n) is 2.36. The molecule has 3 rings (SSSR count). The number of nitriles is 1. The largest absolute Gasteiger partial charge is 0.354 e. The van der Waals surface area contributed by atoms with Crippen molar-refractivity contribution < 1.29 is 4.79 Å². The summed E-state index contributed by atoms with van der Waals surface area (Å²) in [5.41, 5.74) is 1.38. The average Bonchev–Trinajstić information content (AvgIpc) is 3.08. The van der Waals surface area contributed by atoms with Gasteiger partial charge in [0.1, 0.15) is 4.83 Å². The summed E-state index contributed by atoms with van der Waals surface area (Å²) in [6.07, 6.45) is 0.250. The highest BCUT2D eigenvalue weighted by Crippen LogP contribution is 2.31. The summed E-state index contributed by atoms with van der Waals surface area (Å²) in [6, 6.07) is 11.5. The van der Waals surface area contributed by atoms with E-state index in [1.165, 1.54) is 11.3 Å². The maximum Gasteiger partial charge on any atom is 0.282 e. The third-order valence-electron chi connectivity index (χ3n) is 3.58. The van der Waals surface area contributed by atoms with Crippen LogP contribution in [0.1, 0.15) is 6.42 Å². The Morgan fingerprint density at radius 2 is 2.15 bits per heavy atom. The molecule has 0 unspecified atom stereocenters. The Balaban J connectivity index is 1.86. The van der Waals surface area contributed by atoms with Crippen LogP contribution in [-0.4, -0.2) is 27.9 Å². The van der Waals surface area contributed by atoms with Gasteiger partial charge < -0.3 is 11.2 Å². The minimum absolute atomic E-state index is 0.0670. The Kier molecular flexibility index (Phi) is 5.55. The second-order valence-electron chi connectivity index (χ2n) is 5.31. The highest BCUT2D eigenvalue weighted by molar-refractivity contribution is 7.99. The number of carbonyl (C=O) groups is 1. The van der Waals surface area contributed by atoms with Gasteiger partial charge in [0.15, 0.2) is 5.16 Å². The topological polar surface area (TPSA) is 114 Å². The quantitative estimate of drug-likeness (QED) is 0.290. The molecule has 1 amide bonds. The number of hydrogen-bond acceptors (Lipinski definition) is 7. The van der Waals surface area contributed by atoms with Gasteiger partial charge in [-0.2, -0.15) is 5.26 Å². The molecule has 2 heterocycles. The van der Waals surface area contributed by atoms with Crippen LogP contribution < -0.4 is 16.7 Å². The number of amides is 1. The van der Waals surface area contributed by atoms with Crippen LogP contribution in [0.3, 0.4) is 0 Å². The van der Waals surface area contributed by atoms with Crippen molar-refractivity contribution in [2.24, 2.45) is 0 Å². The normalized spacial score (nSPS) is 10.6. The lowest BCUT2D eigenvalue weighted by atomic mass is 10.1. The van der Waals surface area contributed by atoms with Crippen molar-refractivity contribution >= 4 is 39.2 Å². The van der Waals surface area contributed by atoms with Gasteiger partial charge in [0.05, 0.1) is 23.6 Å². The molecule has 0 spiro atoms. The van der Waals surface area contributed by atoms with Gasteiger partial charge in [-0.15, -0.1) is 11.3 Å². The van der Waals surface area contributed by atoms with Crippen molar-refractivity contribution in [2.75, 3.05) is 18.1 Å². The number of nitrogen functional groups attached to an aromatic ring is 1. The first-order valence-corrected chi connectivity index (χ1v) is 9.59. The zero-order chi connectivity index (χ0) is 18.5. The number of thiophene rings is 1. The lowest BCUT2D eigenvalue weighted by molar-refractivity contribution is -0.118. The number of fused-ring (bicyclic) bond motifs is 1. The molecule has 26 heavy (non-hydrogen) atoms. The molecule has 0 aliphatic heterocycles. The van der Waals surface area contributed by atoms with E-state index in [-0.39, 0.29) is 28.8 Å². The van der Waals surface area contributed by atoms with Crippen LogP contribution in [0.2, 0.25) is 0 Å². The van der Waals surface area contributed by atoms with E-state index in [1.807, 2.05) is 41.8 Å². The van der Waals surface area contributed by atoms with E-state index < -0.39 is 0 Å². The molecule has 0 fully saturated rings. The summed E-state index contributed by atoms with van der Waals surface area (Å²) in [7, 11) is 0. The average molecular weight is 385 g/mol. The van der Waals surface area contributed by atoms with E-state index in [0.29, 0.717) is 16.8 Å². The Bertz CT molecular complexity index is 1040. The summed E-state index contributed by atoms with van der Waals surface area (Å²) in [5, 5.41) is 13.7. The van der Waals surface area contributed by atoms with Crippen molar-refractivity contribution in [2.45, 2.75) is 11.6 Å². The third kappa shape index (κ3) is 3.71. The number of carbonyl (C=O) groups excluding carboxylic acids is 1. The molecule has 0 bridgehead atoms. The van der Waals surface area contributed by atoms with E-state index in [2.05, 4.69) is 10.3 Å². The number of benzene rings is 1. The highest BCUT2D eigenvalue weighted by atomic mass is 32.2. The minimum Gasteiger partial charge on any atom is -0.354 e. The molecule has 9 heteroatoms. The number of nitrogens with zero attached hydrogens (tertiary/aromatic N) is 3. The molecule has 0 atom stereocenters. The van der Waals surface area contributed by atoms with Crippen LogP contribution in [0.5, 0.6) is 0 Å². The maximum absolute atomic E-state index is 12.7. The highest BCUT2D eigenvalue weighted by Gasteiger charge is 2.16. The molecule has 0 saturated carbocycles. The van der Waals surface area contributed by atoms with E-state index in [9.17, 15) is 9.59 Å². The second kappa shape index (κ2) is 8.03. The number of thioether (sulfide) groups is 1. The van der Waals surface area contributed by atoms with Gasteiger partial charge in [-0.25, -0.2) is 9.66 Å². The lowest BCUT2D eigenvalue weighted by Crippen LogP contribution is -2.31. The first-order chi connectivity index (χ1) is 12.6. The molecule has 132 valence electrons. The molecule has 0 radical (unpaired) electrons. The van der Waals surface area contributed by atoms with Crippen LogP contribution in [-0.2, 0) is 4.79 Å². The fourth-order valence-corrected chi connectivity index (χ4v) is 4.09. The smallest absolute Gasteiger partial charge is 0.282 e. The summed E-state index contributed by atoms with van der Waals surface area (Å²) >= 11 is 2.45. The first-order valence-electron chi connectivity index (χ1n) is 7.73. The van der Waals surface area contributed by atoms with E-state index in [1.54, 1.807) is 0 Å². The molecule has 3 N–H and O–H groups in total. The molecule has 3 aromatic rings. The molecule has 1 aromatic carbocycles. The Morgan fingerprint density at radius 3 is 2.88 bits per heavy atom. The van der Waals surface area contributed by atoms with Gasteiger partial charge >= 0.3 is 0 Å². The molecular formula is C17H15N5O2S2. The predicted octanol–water partition coefficient (Wildman–Crippen LogP) is 1.96. The van der Waals surface area contributed by atoms with Crippen LogP contribution in [0.4, 0.5) is 0 Å². The Morgan fingerprint density at radius 1 is 1.38 bits per heavy atom. The van der Waals surface area contributed by atoms with Crippen molar-refractivity contribution in [1.82, 2.24) is 15.0 Å². The standard InChI is InChI=1S/C17H15N5O2S2/c18-7-4-8-20-13(23)10-26-17-21-15-14(16(24)22(17)19)12(9-25-15)11-5-2-1-3-6-11/h1-3,5-6,9H,4,8,10,19H2,(H,20,23). The number of nitrogens with two attached hydrogens (primary N) is 1. The number of aromatic nitrogens is 2. The zero-order valence-corrected chi connectivity index (χ0v) is 15.3. The van der Waals surface area contributed by atoms with Crippen LogP contribution in [0.15, 0.2) is 45.7 Å². The van der Waals surface area contributed by atoms with Gasteiger partial charge in [0.2, 0.25) is 5.91 Å². The summed E-state index contributed by atoms with van der Waals surface area (Å²) in [5.74, 6) is 5.74. The van der Waals surface area contributed by atoms with Crippen LogP contribution in [0.25, 0.3) is 21.3 Å². The van der Waals surface area contributed by atoms with Gasteiger partial charge in [-0.3, -0.25) is 9.59 Å². The molecule has 2 aromatic heterocycles. The fraction of sp³-hybridized carbons (Fsp3) is 0.176. The Labute approximate surface area is 157 Å². The molecule has 0 saturated heterocycles. The van der Waals surface area contributed by atoms with Gasteiger partial charge in [-0.1, -0.05) is 42.1 Å². The van der Waals surface area contributed by atoms with Gasteiger partial charge in [-0.05, 0) is 5.56 Å². The number of nitrogens with one attached hydrogen (secondary N) is 1. The lowest BCUT2D eigenvalue weighted by Gasteiger charge is -2.07. The van der Waals surface area contributed by atoms with Gasteiger partial charge in [0, 0.05) is 17.5 Å². The van der Waals surface area contributed by atoms with E-state index in [4.69, 9.17) is 11.1 Å². The van der Waals surface area contributed by atoms with Gasteiger partial charge in [0.25, 0.3) is 5.56 Å². The van der Waals surface area contributed by atoms with Crippen LogP contribution >= 0.6 is 23.1 Å². The van der Waals surface area contributed by atoms with Crippen LogP contribution in [0, 0.1) is 11.3 Å². The third-order valence-corrected chi connectivity index (χ3v) is 5.41. The number of hydrogen-bond donors (Lipinski definition) is 2. The second-order valence-corrected chi connectivity index (χ2v) is 7.11. The Hall–Kier alpha value is -2.83. The maximum atomic E-state index is 12.7. The molecule has 7 nitrogen and oxygen atoms in total. The SMILES string of the molecule is N#CCCNC(=O)CSc1nc2scc(-c3ccccc3)c2c(=O)n1N. The summed E-state index contributed by atoms with van der Waals surface area (Å²) < 4.78 is 0.981. The number of rotatable bonds is 6. The molecular weight excluding hydrogens is 370 g/mol. The van der Waals surface area contributed by atoms with Crippen molar-refractivity contribution in [3.05, 3.63) is 46.1 Å². The monoisotopic (exact) mass is 385 g/mol. The van der Waals surface area contributed by atoms with E-state index in [0.717, 1.165) is 27.6 Å². The van der Waals surface area contributed by atoms with Crippen molar-refractivity contribution in [3.63, 3.8) is 0 Å². The minimum atomic E-state index is -0.345. The first kappa shape index (κ1) is 18.0. The van der Waals surface area contributed by atoms with E-state index >= 15 is 0 Å². The molecule has 0 aliphatic rings. The molecule has 0 aliphatic carbocycles. The predicted molar refractivity (Wildman–Crippen MR) is 103 cm³/mol. The summed E-state index contributed by atoms with van der Waals surface area (Å²) in [4.78, 5) is 29.5. The summed E-state index contributed by atoms with van der Waals surface area (Å²) in [6.45, 7) is 0.295. The van der Waals surface area contributed by atoms with Crippen molar-refractivity contribution in [1.29, 1.82) is 5.26 Å². The van der Waals surface area contributed by atoms with Crippen molar-refractivity contribution in [3.8, 4) is 17.2 Å². The zero-order valence-electron chi connectivity index (χ0n) is 13.6.